The number of benzene rings is 1. The summed E-state index contributed by atoms with van der Waals surface area (Å²) in [6.45, 7) is 4.20. The van der Waals surface area contributed by atoms with Crippen LogP contribution in [-0.2, 0) is 13.1 Å². The number of nitrogens with zero attached hydrogens (tertiary/aromatic N) is 1. The van der Waals surface area contributed by atoms with E-state index in [9.17, 15) is 5.11 Å². The van der Waals surface area contributed by atoms with Gasteiger partial charge in [-0.25, -0.2) is 0 Å². The largest absolute Gasteiger partial charge is 0.399 e. The average Bonchev–Trinajstić information content (AvgIpc) is 2.62. The van der Waals surface area contributed by atoms with Crippen molar-refractivity contribution in [1.82, 2.24) is 4.90 Å². The number of nitrogen functional groups attached to an aromatic ring is 1. The van der Waals surface area contributed by atoms with E-state index >= 15 is 0 Å². The molecule has 3 nitrogen and oxygen atoms in total. The Hall–Kier alpha value is -1.06. The lowest BCUT2D eigenvalue weighted by Crippen LogP contribution is -2.33. The smallest absolute Gasteiger partial charge is 0.0587 e. The first-order valence-corrected chi connectivity index (χ1v) is 5.46. The molecule has 1 aromatic carbocycles. The van der Waals surface area contributed by atoms with Gasteiger partial charge in [-0.3, -0.25) is 4.90 Å². The Balaban J connectivity index is 2.15. The Morgan fingerprint density at radius 1 is 1.40 bits per heavy atom. The number of aliphatic hydroxyl groups excluding tert-OH is 1. The van der Waals surface area contributed by atoms with Crippen molar-refractivity contribution in [3.63, 3.8) is 0 Å². The van der Waals surface area contributed by atoms with Gasteiger partial charge in [-0.1, -0.05) is 13.0 Å². The monoisotopic (exact) mass is 206 g/mol. The summed E-state index contributed by atoms with van der Waals surface area (Å²) in [5.41, 5.74) is 9.23. The molecule has 1 aliphatic heterocycles. The zero-order valence-corrected chi connectivity index (χ0v) is 9.11. The van der Waals surface area contributed by atoms with Crippen molar-refractivity contribution in [1.29, 1.82) is 0 Å². The van der Waals surface area contributed by atoms with Gasteiger partial charge in [-0.05, 0) is 29.7 Å². The van der Waals surface area contributed by atoms with Crippen molar-refractivity contribution in [3.8, 4) is 0 Å². The molecule has 0 amide bonds. The van der Waals surface area contributed by atoms with Gasteiger partial charge in [0.25, 0.3) is 0 Å². The van der Waals surface area contributed by atoms with Crippen molar-refractivity contribution < 1.29 is 5.11 Å². The van der Waals surface area contributed by atoms with Crippen molar-refractivity contribution in [2.24, 2.45) is 0 Å². The Kier molecular flexibility index (Phi) is 2.93. The molecule has 0 saturated carbocycles. The molecule has 0 aliphatic carbocycles. The van der Waals surface area contributed by atoms with Gasteiger partial charge in [-0.15, -0.1) is 0 Å². The van der Waals surface area contributed by atoms with Crippen molar-refractivity contribution in [2.45, 2.75) is 32.5 Å². The lowest BCUT2D eigenvalue weighted by atomic mass is 10.1. The summed E-state index contributed by atoms with van der Waals surface area (Å²) in [5, 5.41) is 9.25. The van der Waals surface area contributed by atoms with E-state index in [0.29, 0.717) is 0 Å². The molecule has 0 saturated heterocycles. The Bertz CT molecular complexity index is 347. The van der Waals surface area contributed by atoms with Crippen LogP contribution in [0.1, 0.15) is 24.5 Å². The maximum Gasteiger partial charge on any atom is 0.0587 e. The fourth-order valence-corrected chi connectivity index (χ4v) is 2.20. The van der Waals surface area contributed by atoms with E-state index in [4.69, 9.17) is 5.73 Å². The van der Waals surface area contributed by atoms with Crippen LogP contribution in [0.5, 0.6) is 0 Å². The summed E-state index contributed by atoms with van der Waals surface area (Å²) in [6.07, 6.45) is 0.986. The van der Waals surface area contributed by atoms with Crippen molar-refractivity contribution in [2.75, 3.05) is 12.3 Å². The van der Waals surface area contributed by atoms with Gasteiger partial charge in [0.15, 0.2) is 0 Å². The van der Waals surface area contributed by atoms with Crippen LogP contribution in [0.4, 0.5) is 5.69 Å². The lowest BCUT2D eigenvalue weighted by Gasteiger charge is -2.24. The summed E-state index contributed by atoms with van der Waals surface area (Å²) in [6, 6.07) is 6.36. The maximum atomic E-state index is 9.25. The summed E-state index contributed by atoms with van der Waals surface area (Å²) < 4.78 is 0. The second kappa shape index (κ2) is 4.21. The number of rotatable bonds is 3. The molecule has 2 rings (SSSR count). The second-order valence-corrected chi connectivity index (χ2v) is 4.18. The quantitative estimate of drug-likeness (QED) is 0.734. The third-order valence-electron chi connectivity index (χ3n) is 3.18. The molecule has 3 heteroatoms. The molecule has 1 aliphatic rings. The molecule has 0 bridgehead atoms. The molecular formula is C12H18N2O. The zero-order chi connectivity index (χ0) is 10.8. The highest BCUT2D eigenvalue weighted by atomic mass is 16.3. The molecule has 0 fully saturated rings. The summed E-state index contributed by atoms with van der Waals surface area (Å²) in [7, 11) is 0. The van der Waals surface area contributed by atoms with Gasteiger partial charge in [0, 0.05) is 24.8 Å². The van der Waals surface area contributed by atoms with E-state index in [0.717, 1.165) is 25.2 Å². The van der Waals surface area contributed by atoms with Crippen LogP contribution in [0.15, 0.2) is 18.2 Å². The van der Waals surface area contributed by atoms with Crippen LogP contribution in [-0.4, -0.2) is 22.7 Å². The molecule has 3 N–H and O–H groups in total. The topological polar surface area (TPSA) is 49.5 Å². The fraction of sp³-hybridized carbons (Fsp3) is 0.500. The molecule has 15 heavy (non-hydrogen) atoms. The van der Waals surface area contributed by atoms with Crippen LogP contribution >= 0.6 is 0 Å². The highest BCUT2D eigenvalue weighted by Crippen LogP contribution is 2.26. The third-order valence-corrected chi connectivity index (χ3v) is 3.18. The molecular weight excluding hydrogens is 188 g/mol. The normalized spacial score (nSPS) is 17.7. The van der Waals surface area contributed by atoms with Crippen LogP contribution in [0.3, 0.4) is 0 Å². The molecule has 82 valence electrons. The number of anilines is 1. The Morgan fingerprint density at radius 2 is 2.13 bits per heavy atom. The maximum absolute atomic E-state index is 9.25. The number of aliphatic hydroxyl groups is 1. The second-order valence-electron chi connectivity index (χ2n) is 4.18. The van der Waals surface area contributed by atoms with Crippen LogP contribution in [0.2, 0.25) is 0 Å². The van der Waals surface area contributed by atoms with Gasteiger partial charge < -0.3 is 10.8 Å². The molecule has 0 aromatic heterocycles. The molecule has 0 radical (unpaired) electrons. The summed E-state index contributed by atoms with van der Waals surface area (Å²) in [4.78, 5) is 2.31. The van der Waals surface area contributed by atoms with Gasteiger partial charge >= 0.3 is 0 Å². The van der Waals surface area contributed by atoms with Gasteiger partial charge in [0.2, 0.25) is 0 Å². The minimum atomic E-state index is 0.236. The molecule has 1 heterocycles. The van der Waals surface area contributed by atoms with E-state index in [1.165, 1.54) is 11.1 Å². The minimum absolute atomic E-state index is 0.236. The van der Waals surface area contributed by atoms with Crippen LogP contribution in [0, 0.1) is 0 Å². The Morgan fingerprint density at radius 3 is 2.80 bits per heavy atom. The molecule has 0 spiro atoms. The van der Waals surface area contributed by atoms with Crippen molar-refractivity contribution >= 4 is 5.69 Å². The highest BCUT2D eigenvalue weighted by molar-refractivity contribution is 5.46. The highest BCUT2D eigenvalue weighted by Gasteiger charge is 2.24. The molecule has 1 unspecified atom stereocenters. The lowest BCUT2D eigenvalue weighted by molar-refractivity contribution is 0.118. The SMILES string of the molecule is CCC(CO)N1Cc2ccc(N)cc2C1. The first kappa shape index (κ1) is 10.5. The average molecular weight is 206 g/mol. The predicted molar refractivity (Wildman–Crippen MR) is 61.3 cm³/mol. The van der Waals surface area contributed by atoms with Gasteiger partial charge in [0.05, 0.1) is 6.61 Å². The number of nitrogens with two attached hydrogens (primary N) is 1. The zero-order valence-electron chi connectivity index (χ0n) is 9.11. The number of fused-ring (bicyclic) bond motifs is 1. The summed E-state index contributed by atoms with van der Waals surface area (Å²) >= 11 is 0. The summed E-state index contributed by atoms with van der Waals surface area (Å²) in [5.74, 6) is 0. The van der Waals surface area contributed by atoms with Gasteiger partial charge in [-0.2, -0.15) is 0 Å². The van der Waals surface area contributed by atoms with E-state index in [-0.39, 0.29) is 12.6 Å². The first-order chi connectivity index (χ1) is 7.24. The number of hydrogen-bond donors (Lipinski definition) is 2. The van der Waals surface area contributed by atoms with E-state index < -0.39 is 0 Å². The molecule has 1 aromatic rings. The third kappa shape index (κ3) is 1.98. The number of hydrogen-bond acceptors (Lipinski definition) is 3. The standard InChI is InChI=1S/C12H18N2O/c1-2-12(8-15)14-6-9-3-4-11(13)5-10(9)7-14/h3-5,12,15H,2,6-8,13H2,1H3. The van der Waals surface area contributed by atoms with Crippen LogP contribution < -0.4 is 5.73 Å². The Labute approximate surface area is 90.5 Å². The molecule has 1 atom stereocenters. The minimum Gasteiger partial charge on any atom is -0.399 e. The fourth-order valence-electron chi connectivity index (χ4n) is 2.20. The van der Waals surface area contributed by atoms with Crippen molar-refractivity contribution in [3.05, 3.63) is 29.3 Å². The van der Waals surface area contributed by atoms with E-state index in [2.05, 4.69) is 17.9 Å². The predicted octanol–water partition coefficient (Wildman–Crippen LogP) is 1.36. The first-order valence-electron chi connectivity index (χ1n) is 5.46. The van der Waals surface area contributed by atoms with E-state index in [1.54, 1.807) is 0 Å². The van der Waals surface area contributed by atoms with Gasteiger partial charge in [0.1, 0.15) is 0 Å². The van der Waals surface area contributed by atoms with Crippen LogP contribution in [0.25, 0.3) is 0 Å². The van der Waals surface area contributed by atoms with E-state index in [1.807, 2.05) is 12.1 Å².